The van der Waals surface area contributed by atoms with Crippen molar-refractivity contribution in [3.8, 4) is 0 Å². The maximum absolute atomic E-state index is 13.1. The first-order valence-corrected chi connectivity index (χ1v) is 14.3. The van der Waals surface area contributed by atoms with E-state index in [1.807, 2.05) is 42.8 Å². The first-order valence-electron chi connectivity index (χ1n) is 11.5. The summed E-state index contributed by atoms with van der Waals surface area (Å²) in [4.78, 5) is 50.2. The lowest BCUT2D eigenvalue weighted by molar-refractivity contribution is -0.143. The molecule has 0 spiro atoms. The number of hydrogen-bond donors (Lipinski definition) is 5. The second kappa shape index (κ2) is 16.4. The minimum Gasteiger partial charge on any atom is -0.480 e. The fourth-order valence-corrected chi connectivity index (χ4v) is 4.23. The van der Waals surface area contributed by atoms with Crippen LogP contribution in [0.15, 0.2) is 30.3 Å². The van der Waals surface area contributed by atoms with E-state index in [0.717, 1.165) is 5.56 Å². The molecule has 0 saturated carbocycles. The predicted molar refractivity (Wildman–Crippen MR) is 142 cm³/mol. The summed E-state index contributed by atoms with van der Waals surface area (Å²) in [6, 6.07) is 5.65. The zero-order valence-electron chi connectivity index (χ0n) is 20.8. The van der Waals surface area contributed by atoms with Crippen molar-refractivity contribution < 1.29 is 24.3 Å². The van der Waals surface area contributed by atoms with Gasteiger partial charge in [0.1, 0.15) is 18.1 Å². The van der Waals surface area contributed by atoms with Crippen molar-refractivity contribution in [3.63, 3.8) is 0 Å². The molecule has 0 aromatic heterocycles. The van der Waals surface area contributed by atoms with Gasteiger partial charge in [-0.25, -0.2) is 4.79 Å². The number of hydrogen-bond acceptors (Lipinski definition) is 7. The van der Waals surface area contributed by atoms with Gasteiger partial charge in [0.05, 0.1) is 6.04 Å². The minimum atomic E-state index is -1.14. The van der Waals surface area contributed by atoms with Crippen molar-refractivity contribution in [1.82, 2.24) is 16.0 Å². The van der Waals surface area contributed by atoms with Gasteiger partial charge in [-0.2, -0.15) is 23.5 Å². The Hall–Kier alpha value is -2.24. The minimum absolute atomic E-state index is 0.319. The highest BCUT2D eigenvalue weighted by atomic mass is 32.2. The number of thioether (sulfide) groups is 2. The summed E-state index contributed by atoms with van der Waals surface area (Å²) in [5, 5.41) is 17.4. The van der Waals surface area contributed by atoms with Gasteiger partial charge in [-0.15, -0.1) is 0 Å². The first kappa shape index (κ1) is 30.8. The highest BCUT2D eigenvalue weighted by molar-refractivity contribution is 7.98. The third kappa shape index (κ3) is 11.4. The van der Waals surface area contributed by atoms with Crippen LogP contribution in [0.3, 0.4) is 0 Å². The molecule has 0 heterocycles. The Balaban J connectivity index is 2.91. The number of benzene rings is 1. The lowest BCUT2D eigenvalue weighted by Gasteiger charge is -2.26. The summed E-state index contributed by atoms with van der Waals surface area (Å²) in [6.45, 7) is 3.39. The summed E-state index contributed by atoms with van der Waals surface area (Å²) in [7, 11) is 0. The molecule has 3 amide bonds. The molecule has 1 rings (SSSR count). The van der Waals surface area contributed by atoms with Crippen molar-refractivity contribution in [2.24, 2.45) is 11.7 Å². The van der Waals surface area contributed by atoms with Crippen LogP contribution in [0.2, 0.25) is 0 Å². The Morgan fingerprint density at radius 3 is 1.80 bits per heavy atom. The molecule has 35 heavy (non-hydrogen) atoms. The molecule has 6 N–H and O–H groups in total. The summed E-state index contributed by atoms with van der Waals surface area (Å²) in [6.07, 6.45) is 4.77. The summed E-state index contributed by atoms with van der Waals surface area (Å²) < 4.78 is 0. The lowest BCUT2D eigenvalue weighted by atomic mass is 10.0. The Morgan fingerprint density at radius 1 is 0.857 bits per heavy atom. The number of amides is 3. The monoisotopic (exact) mass is 526 g/mol. The standard InChI is InChI=1S/C24H38N4O5S2/c1-15(2)20(24(32)33)28-23(31)19(11-13-35-4)27-22(30)18(10-12-34-3)26-21(29)17(25)14-16-8-6-5-7-9-16/h5-9,15,17-20H,10-14,25H2,1-4H3,(H,26,29)(H,27,30)(H,28,31)(H,32,33). The molecule has 0 radical (unpaired) electrons. The van der Waals surface area contributed by atoms with E-state index in [-0.39, 0.29) is 5.92 Å². The molecule has 0 aliphatic carbocycles. The normalized spacial score (nSPS) is 14.5. The summed E-state index contributed by atoms with van der Waals surface area (Å²) in [5.74, 6) is -1.79. The molecule has 4 unspecified atom stereocenters. The highest BCUT2D eigenvalue weighted by Crippen LogP contribution is 2.08. The number of carboxylic acids is 1. The van der Waals surface area contributed by atoms with Crippen molar-refractivity contribution in [2.45, 2.75) is 57.3 Å². The Bertz CT molecular complexity index is 825. The first-order chi connectivity index (χ1) is 16.6. The van der Waals surface area contributed by atoms with E-state index in [4.69, 9.17) is 5.73 Å². The third-order valence-electron chi connectivity index (χ3n) is 5.35. The molecule has 9 nitrogen and oxygen atoms in total. The smallest absolute Gasteiger partial charge is 0.326 e. The number of aliphatic carboxylic acids is 1. The van der Waals surface area contributed by atoms with Gasteiger partial charge in [0, 0.05) is 0 Å². The van der Waals surface area contributed by atoms with Crippen molar-refractivity contribution in [1.29, 1.82) is 0 Å². The van der Waals surface area contributed by atoms with E-state index in [1.54, 1.807) is 13.8 Å². The number of rotatable bonds is 16. The molecule has 1 aromatic carbocycles. The van der Waals surface area contributed by atoms with Gasteiger partial charge in [0.25, 0.3) is 0 Å². The number of nitrogens with one attached hydrogen (secondary N) is 3. The molecule has 196 valence electrons. The summed E-state index contributed by atoms with van der Waals surface area (Å²) in [5.41, 5.74) is 6.99. The molecule has 11 heteroatoms. The van der Waals surface area contributed by atoms with Crippen LogP contribution in [0.1, 0.15) is 32.3 Å². The third-order valence-corrected chi connectivity index (χ3v) is 6.64. The Kier molecular flexibility index (Phi) is 14.5. The molecule has 0 bridgehead atoms. The second-order valence-electron chi connectivity index (χ2n) is 8.55. The van der Waals surface area contributed by atoms with Crippen LogP contribution in [-0.2, 0) is 25.6 Å². The average molecular weight is 527 g/mol. The van der Waals surface area contributed by atoms with Crippen molar-refractivity contribution >= 4 is 47.2 Å². The molecular weight excluding hydrogens is 488 g/mol. The molecule has 1 aromatic rings. The Morgan fingerprint density at radius 2 is 1.34 bits per heavy atom. The number of carboxylic acid groups (broad SMARTS) is 1. The zero-order chi connectivity index (χ0) is 26.4. The number of carbonyl (C=O) groups is 4. The van der Waals surface area contributed by atoms with Gasteiger partial charge in [0.15, 0.2) is 0 Å². The largest absolute Gasteiger partial charge is 0.480 e. The molecule has 0 fully saturated rings. The Labute approximate surface area is 216 Å². The van der Waals surface area contributed by atoms with Gasteiger partial charge in [0.2, 0.25) is 17.7 Å². The molecular formula is C24H38N4O5S2. The number of nitrogens with two attached hydrogens (primary N) is 1. The van der Waals surface area contributed by atoms with Crippen molar-refractivity contribution in [3.05, 3.63) is 35.9 Å². The van der Waals surface area contributed by atoms with Crippen LogP contribution in [0.5, 0.6) is 0 Å². The van der Waals surface area contributed by atoms with Crippen LogP contribution in [0.25, 0.3) is 0 Å². The van der Waals surface area contributed by atoms with E-state index in [2.05, 4.69) is 16.0 Å². The van der Waals surface area contributed by atoms with E-state index in [9.17, 15) is 24.3 Å². The molecule has 4 atom stereocenters. The van der Waals surface area contributed by atoms with Gasteiger partial charge in [-0.3, -0.25) is 14.4 Å². The fourth-order valence-electron chi connectivity index (χ4n) is 3.29. The van der Waals surface area contributed by atoms with E-state index in [1.165, 1.54) is 23.5 Å². The quantitative estimate of drug-likeness (QED) is 0.216. The van der Waals surface area contributed by atoms with E-state index < -0.39 is 47.9 Å². The highest BCUT2D eigenvalue weighted by Gasteiger charge is 2.31. The van der Waals surface area contributed by atoms with Crippen LogP contribution >= 0.6 is 23.5 Å². The molecule has 0 aliphatic heterocycles. The van der Waals surface area contributed by atoms with Crippen LogP contribution in [0, 0.1) is 5.92 Å². The topological polar surface area (TPSA) is 151 Å². The van der Waals surface area contributed by atoms with Crippen molar-refractivity contribution in [2.75, 3.05) is 24.0 Å². The number of carbonyl (C=O) groups excluding carboxylic acids is 3. The van der Waals surface area contributed by atoms with Crippen LogP contribution < -0.4 is 21.7 Å². The lowest BCUT2D eigenvalue weighted by Crippen LogP contribution is -2.58. The van der Waals surface area contributed by atoms with Crippen LogP contribution in [-0.4, -0.2) is 77.0 Å². The SMILES string of the molecule is CSCCC(NC(=O)C(N)Cc1ccccc1)C(=O)NC(CCSC)C(=O)NC(C(=O)O)C(C)C. The maximum atomic E-state index is 13.1. The van der Waals surface area contributed by atoms with Gasteiger partial charge in [-0.1, -0.05) is 44.2 Å². The summed E-state index contributed by atoms with van der Waals surface area (Å²) >= 11 is 3.04. The fraction of sp³-hybridized carbons (Fsp3) is 0.583. The van der Waals surface area contributed by atoms with Gasteiger partial charge >= 0.3 is 5.97 Å². The molecule has 0 aliphatic rings. The maximum Gasteiger partial charge on any atom is 0.326 e. The van der Waals surface area contributed by atoms with Gasteiger partial charge < -0.3 is 26.8 Å². The second-order valence-corrected chi connectivity index (χ2v) is 10.5. The zero-order valence-corrected chi connectivity index (χ0v) is 22.4. The predicted octanol–water partition coefficient (Wildman–Crippen LogP) is 1.26. The van der Waals surface area contributed by atoms with Crippen LogP contribution in [0.4, 0.5) is 0 Å². The average Bonchev–Trinajstić information content (AvgIpc) is 2.82. The van der Waals surface area contributed by atoms with Gasteiger partial charge in [-0.05, 0) is 54.8 Å². The molecule has 0 saturated heterocycles. The van der Waals surface area contributed by atoms with E-state index in [0.29, 0.717) is 30.8 Å². The van der Waals surface area contributed by atoms with E-state index >= 15 is 0 Å².